The highest BCUT2D eigenvalue weighted by Gasteiger charge is 2.57. The molecule has 0 radical (unpaired) electrons. The topological polar surface area (TPSA) is 61.4 Å². The van der Waals surface area contributed by atoms with Crippen molar-refractivity contribution in [2.45, 2.75) is 51.6 Å². The number of nitrogens with one attached hydrogen (secondary N) is 2. The minimum Gasteiger partial charge on any atom is -0.388 e. The first-order chi connectivity index (χ1) is 8.55. The van der Waals surface area contributed by atoms with Crippen LogP contribution in [-0.2, 0) is 4.79 Å². The third-order valence-electron chi connectivity index (χ3n) is 5.01. The zero-order chi connectivity index (χ0) is 13.2. The molecule has 1 saturated heterocycles. The SMILES string of the molecule is CCC(O)(CC)CNC(=O)C1CC12CCNCC2. The Balaban J connectivity index is 1.80. The van der Waals surface area contributed by atoms with Crippen molar-refractivity contribution in [2.75, 3.05) is 19.6 Å². The Morgan fingerprint density at radius 2 is 2.00 bits per heavy atom. The first kappa shape index (κ1) is 13.8. The Kier molecular flexibility index (Phi) is 3.97. The number of hydrogen-bond acceptors (Lipinski definition) is 3. The summed E-state index contributed by atoms with van der Waals surface area (Å²) in [7, 11) is 0. The molecule has 1 saturated carbocycles. The Hall–Kier alpha value is -0.610. The molecular weight excluding hydrogens is 228 g/mol. The van der Waals surface area contributed by atoms with E-state index in [4.69, 9.17) is 0 Å². The summed E-state index contributed by atoms with van der Waals surface area (Å²) in [5, 5.41) is 16.4. The van der Waals surface area contributed by atoms with Gasteiger partial charge >= 0.3 is 0 Å². The molecule has 0 aromatic carbocycles. The second-order valence-electron chi connectivity index (χ2n) is 6.02. The third kappa shape index (κ3) is 2.69. The van der Waals surface area contributed by atoms with Crippen LogP contribution >= 0.6 is 0 Å². The molecule has 2 aliphatic rings. The Morgan fingerprint density at radius 3 is 2.56 bits per heavy atom. The van der Waals surface area contributed by atoms with Crippen LogP contribution in [-0.4, -0.2) is 36.2 Å². The summed E-state index contributed by atoms with van der Waals surface area (Å²) < 4.78 is 0. The second kappa shape index (κ2) is 5.17. The lowest BCUT2D eigenvalue weighted by atomic mass is 9.91. The summed E-state index contributed by atoms with van der Waals surface area (Å²) in [5.41, 5.74) is -0.447. The molecule has 1 aliphatic heterocycles. The molecule has 1 spiro atoms. The molecule has 2 rings (SSSR count). The van der Waals surface area contributed by atoms with Crippen molar-refractivity contribution in [3.63, 3.8) is 0 Å². The minimum atomic E-state index is -0.730. The molecule has 104 valence electrons. The number of carbonyl (C=O) groups is 1. The molecule has 0 bridgehead atoms. The predicted molar refractivity (Wildman–Crippen MR) is 71.2 cm³/mol. The fraction of sp³-hybridized carbons (Fsp3) is 0.929. The first-order valence-electron chi connectivity index (χ1n) is 7.26. The third-order valence-corrected chi connectivity index (χ3v) is 5.01. The van der Waals surface area contributed by atoms with Crippen LogP contribution in [0.25, 0.3) is 0 Å². The maximum absolute atomic E-state index is 12.1. The van der Waals surface area contributed by atoms with E-state index in [0.29, 0.717) is 19.4 Å². The summed E-state index contributed by atoms with van der Waals surface area (Å²) in [6, 6.07) is 0. The van der Waals surface area contributed by atoms with Crippen molar-refractivity contribution in [2.24, 2.45) is 11.3 Å². The Morgan fingerprint density at radius 1 is 1.39 bits per heavy atom. The largest absolute Gasteiger partial charge is 0.388 e. The number of rotatable bonds is 5. The fourth-order valence-electron chi connectivity index (χ4n) is 3.07. The van der Waals surface area contributed by atoms with E-state index in [9.17, 15) is 9.90 Å². The molecule has 1 heterocycles. The second-order valence-corrected chi connectivity index (χ2v) is 6.02. The Bertz CT molecular complexity index is 307. The lowest BCUT2D eigenvalue weighted by Crippen LogP contribution is -2.43. The predicted octanol–water partition coefficient (Wildman–Crippen LogP) is 1.04. The highest BCUT2D eigenvalue weighted by Crippen LogP contribution is 2.58. The van der Waals surface area contributed by atoms with E-state index in [1.165, 1.54) is 0 Å². The number of hydrogen-bond donors (Lipinski definition) is 3. The molecule has 4 heteroatoms. The van der Waals surface area contributed by atoms with E-state index < -0.39 is 5.60 Å². The first-order valence-corrected chi connectivity index (χ1v) is 7.26. The highest BCUT2D eigenvalue weighted by molar-refractivity contribution is 5.82. The van der Waals surface area contributed by atoms with Crippen LogP contribution in [0.3, 0.4) is 0 Å². The quantitative estimate of drug-likeness (QED) is 0.687. The molecule has 3 N–H and O–H groups in total. The van der Waals surface area contributed by atoms with E-state index in [0.717, 1.165) is 32.4 Å². The van der Waals surface area contributed by atoms with E-state index in [-0.39, 0.29) is 17.2 Å². The molecule has 1 unspecified atom stereocenters. The van der Waals surface area contributed by atoms with E-state index >= 15 is 0 Å². The smallest absolute Gasteiger partial charge is 0.223 e. The van der Waals surface area contributed by atoms with Gasteiger partial charge in [0.05, 0.1) is 5.60 Å². The molecule has 18 heavy (non-hydrogen) atoms. The molecule has 1 aliphatic carbocycles. The van der Waals surface area contributed by atoms with Crippen molar-refractivity contribution >= 4 is 5.91 Å². The van der Waals surface area contributed by atoms with Crippen LogP contribution in [0.1, 0.15) is 46.0 Å². The van der Waals surface area contributed by atoms with Crippen molar-refractivity contribution in [1.82, 2.24) is 10.6 Å². The molecule has 4 nitrogen and oxygen atoms in total. The summed E-state index contributed by atoms with van der Waals surface area (Å²) in [6.45, 7) is 6.39. The van der Waals surface area contributed by atoms with Crippen LogP contribution in [0.5, 0.6) is 0 Å². The van der Waals surface area contributed by atoms with Gasteiger partial charge in [-0.1, -0.05) is 13.8 Å². The molecule has 1 atom stereocenters. The van der Waals surface area contributed by atoms with Gasteiger partial charge in [-0.25, -0.2) is 0 Å². The Labute approximate surface area is 110 Å². The van der Waals surface area contributed by atoms with Gasteiger partial charge in [-0.2, -0.15) is 0 Å². The number of carbonyl (C=O) groups excluding carboxylic acids is 1. The average molecular weight is 254 g/mol. The van der Waals surface area contributed by atoms with Crippen molar-refractivity contribution in [1.29, 1.82) is 0 Å². The summed E-state index contributed by atoms with van der Waals surface area (Å²) in [6.07, 6.45) is 4.65. The van der Waals surface area contributed by atoms with Gasteiger partial charge in [-0.15, -0.1) is 0 Å². The van der Waals surface area contributed by atoms with Crippen LogP contribution in [0.15, 0.2) is 0 Å². The van der Waals surface area contributed by atoms with Crippen molar-refractivity contribution < 1.29 is 9.90 Å². The molecule has 0 aromatic heterocycles. The number of piperidine rings is 1. The normalized spacial score (nSPS) is 26.1. The van der Waals surface area contributed by atoms with E-state index in [2.05, 4.69) is 10.6 Å². The lowest BCUT2D eigenvalue weighted by molar-refractivity contribution is -0.124. The van der Waals surface area contributed by atoms with Gasteiger partial charge in [0.25, 0.3) is 0 Å². The zero-order valence-electron chi connectivity index (χ0n) is 11.6. The lowest BCUT2D eigenvalue weighted by Gasteiger charge is -2.26. The van der Waals surface area contributed by atoms with Gasteiger partial charge in [0, 0.05) is 12.5 Å². The monoisotopic (exact) mass is 254 g/mol. The van der Waals surface area contributed by atoms with Gasteiger partial charge in [0.1, 0.15) is 0 Å². The highest BCUT2D eigenvalue weighted by atomic mass is 16.3. The summed E-state index contributed by atoms with van der Waals surface area (Å²) in [5.74, 6) is 0.342. The van der Waals surface area contributed by atoms with Crippen molar-refractivity contribution in [3.8, 4) is 0 Å². The van der Waals surface area contributed by atoms with Crippen LogP contribution in [0.4, 0.5) is 0 Å². The summed E-state index contributed by atoms with van der Waals surface area (Å²) >= 11 is 0. The molecule has 0 aromatic rings. The van der Waals surface area contributed by atoms with Crippen LogP contribution in [0, 0.1) is 11.3 Å². The van der Waals surface area contributed by atoms with Gasteiger partial charge in [0.2, 0.25) is 5.91 Å². The maximum atomic E-state index is 12.1. The van der Waals surface area contributed by atoms with Crippen LogP contribution in [0.2, 0.25) is 0 Å². The molecule has 1 amide bonds. The van der Waals surface area contributed by atoms with Crippen molar-refractivity contribution in [3.05, 3.63) is 0 Å². The van der Waals surface area contributed by atoms with Gasteiger partial charge in [-0.3, -0.25) is 4.79 Å². The number of aliphatic hydroxyl groups is 1. The standard InChI is InChI=1S/C14H26N2O2/c1-3-14(18,4-2)10-16-12(17)11-9-13(11)5-7-15-8-6-13/h11,15,18H,3-10H2,1-2H3,(H,16,17). The average Bonchev–Trinajstić information content (AvgIpc) is 3.10. The minimum absolute atomic E-state index is 0.150. The zero-order valence-corrected chi connectivity index (χ0v) is 11.6. The molecule has 2 fully saturated rings. The van der Waals surface area contributed by atoms with Gasteiger partial charge in [0.15, 0.2) is 0 Å². The van der Waals surface area contributed by atoms with Gasteiger partial charge < -0.3 is 15.7 Å². The van der Waals surface area contributed by atoms with E-state index in [1.54, 1.807) is 0 Å². The van der Waals surface area contributed by atoms with Gasteiger partial charge in [-0.05, 0) is 50.6 Å². The van der Waals surface area contributed by atoms with E-state index in [1.807, 2.05) is 13.8 Å². The number of amides is 1. The maximum Gasteiger partial charge on any atom is 0.223 e. The fourth-order valence-corrected chi connectivity index (χ4v) is 3.07. The van der Waals surface area contributed by atoms with Crippen LogP contribution < -0.4 is 10.6 Å². The summed E-state index contributed by atoms with van der Waals surface area (Å²) in [4.78, 5) is 12.1. The molecular formula is C14H26N2O2.